The van der Waals surface area contributed by atoms with E-state index in [9.17, 15) is 8.42 Å². The smallest absolute Gasteiger partial charge is 0.195 e. The van der Waals surface area contributed by atoms with E-state index in [1.165, 1.54) is 0 Å². The number of ether oxygens (including phenoxy) is 2. The van der Waals surface area contributed by atoms with Crippen LogP contribution >= 0.6 is 0 Å². The first-order valence-electron chi connectivity index (χ1n) is 7.90. The van der Waals surface area contributed by atoms with Gasteiger partial charge >= 0.3 is 0 Å². The molecule has 2 N–H and O–H groups in total. The van der Waals surface area contributed by atoms with Crippen molar-refractivity contribution < 1.29 is 17.9 Å². The van der Waals surface area contributed by atoms with Crippen LogP contribution in [0.5, 0.6) is 5.75 Å². The van der Waals surface area contributed by atoms with Crippen molar-refractivity contribution in [3.05, 3.63) is 24.3 Å². The van der Waals surface area contributed by atoms with Gasteiger partial charge in [-0.2, -0.15) is 0 Å². The second-order valence-corrected chi connectivity index (χ2v) is 7.56. The summed E-state index contributed by atoms with van der Waals surface area (Å²) >= 11 is 0. The minimum absolute atomic E-state index is 0.0762. The Morgan fingerprint density at radius 3 is 2.75 bits per heavy atom. The molecule has 0 saturated heterocycles. The summed E-state index contributed by atoms with van der Waals surface area (Å²) in [7, 11) is 0.302. The largest absolute Gasteiger partial charge is 0.493 e. The van der Waals surface area contributed by atoms with Crippen LogP contribution in [-0.2, 0) is 14.6 Å². The molecule has 1 aromatic carbocycles. The van der Waals surface area contributed by atoms with Crippen LogP contribution < -0.4 is 15.4 Å². The lowest BCUT2D eigenvalue weighted by atomic mass is 10.3. The molecule has 0 fully saturated rings. The number of hydrogen-bond acceptors (Lipinski definition) is 5. The van der Waals surface area contributed by atoms with E-state index < -0.39 is 9.84 Å². The van der Waals surface area contributed by atoms with Crippen LogP contribution in [0.2, 0.25) is 0 Å². The second kappa shape index (κ2) is 10.9. The van der Waals surface area contributed by atoms with Gasteiger partial charge in [-0.1, -0.05) is 13.0 Å². The van der Waals surface area contributed by atoms with Gasteiger partial charge in [0.1, 0.15) is 5.75 Å². The lowest BCUT2D eigenvalue weighted by Crippen LogP contribution is -2.34. The maximum absolute atomic E-state index is 11.5. The Morgan fingerprint density at radius 2 is 2.08 bits per heavy atom. The van der Waals surface area contributed by atoms with Crippen LogP contribution in [-0.4, -0.2) is 59.8 Å². The zero-order valence-corrected chi connectivity index (χ0v) is 15.4. The molecule has 136 valence electrons. The molecule has 0 spiro atoms. The first-order chi connectivity index (χ1) is 11.5. The molecular formula is C16H27N3O4S. The number of methoxy groups -OCH3 is 1. The number of nitrogens with zero attached hydrogens (tertiary/aromatic N) is 1. The van der Waals surface area contributed by atoms with Crippen molar-refractivity contribution in [1.82, 2.24) is 5.32 Å². The standard InChI is InChI=1S/C16H27N3O4S/c1-4-24(20,21)12-9-18-16(17-2)19-14-7-5-8-15(13-14)23-11-6-10-22-3/h5,7-8,13H,4,6,9-12H2,1-3H3,(H2,17,18,19). The predicted molar refractivity (Wildman–Crippen MR) is 97.7 cm³/mol. The van der Waals surface area contributed by atoms with Crippen LogP contribution in [0.3, 0.4) is 0 Å². The average molecular weight is 357 g/mol. The van der Waals surface area contributed by atoms with Crippen LogP contribution in [0.1, 0.15) is 13.3 Å². The van der Waals surface area contributed by atoms with Crippen molar-refractivity contribution in [3.63, 3.8) is 0 Å². The Morgan fingerprint density at radius 1 is 1.29 bits per heavy atom. The number of sulfone groups is 1. The number of benzene rings is 1. The monoisotopic (exact) mass is 357 g/mol. The first kappa shape index (κ1) is 20.2. The van der Waals surface area contributed by atoms with Crippen LogP contribution in [0.25, 0.3) is 0 Å². The van der Waals surface area contributed by atoms with Crippen molar-refractivity contribution in [3.8, 4) is 5.75 Å². The van der Waals surface area contributed by atoms with Gasteiger partial charge in [-0.25, -0.2) is 8.42 Å². The SMILES string of the molecule is CCS(=O)(=O)CCNC(=NC)Nc1cccc(OCCCOC)c1. The van der Waals surface area contributed by atoms with Gasteiger partial charge in [-0.15, -0.1) is 0 Å². The number of aliphatic imine (C=N–C) groups is 1. The minimum atomic E-state index is -2.99. The van der Waals surface area contributed by atoms with Gasteiger partial charge in [0.25, 0.3) is 0 Å². The van der Waals surface area contributed by atoms with E-state index in [1.807, 2.05) is 24.3 Å². The number of anilines is 1. The molecule has 8 heteroatoms. The quantitative estimate of drug-likeness (QED) is 0.375. The zero-order chi connectivity index (χ0) is 17.8. The van der Waals surface area contributed by atoms with Gasteiger partial charge in [0.05, 0.1) is 12.4 Å². The van der Waals surface area contributed by atoms with E-state index in [0.29, 0.717) is 25.7 Å². The molecular weight excluding hydrogens is 330 g/mol. The van der Waals surface area contributed by atoms with Crippen LogP contribution in [0.15, 0.2) is 29.3 Å². The Kier molecular flexibility index (Phi) is 9.18. The Hall–Kier alpha value is -1.80. The van der Waals surface area contributed by atoms with Crippen molar-refractivity contribution in [2.24, 2.45) is 4.99 Å². The zero-order valence-electron chi connectivity index (χ0n) is 14.5. The van der Waals surface area contributed by atoms with E-state index in [1.54, 1.807) is 21.1 Å². The lowest BCUT2D eigenvalue weighted by Gasteiger charge is -2.13. The lowest BCUT2D eigenvalue weighted by molar-refractivity contribution is 0.172. The molecule has 0 unspecified atom stereocenters. The number of nitrogens with one attached hydrogen (secondary N) is 2. The molecule has 7 nitrogen and oxygen atoms in total. The molecule has 0 heterocycles. The summed E-state index contributed by atoms with van der Waals surface area (Å²) < 4.78 is 33.6. The van der Waals surface area contributed by atoms with Gasteiger partial charge in [0.2, 0.25) is 0 Å². The normalized spacial score (nSPS) is 12.0. The van der Waals surface area contributed by atoms with Crippen molar-refractivity contribution in [2.45, 2.75) is 13.3 Å². The number of guanidine groups is 1. The minimum Gasteiger partial charge on any atom is -0.493 e. The number of rotatable bonds is 10. The Balaban J connectivity index is 2.50. The van der Waals surface area contributed by atoms with E-state index >= 15 is 0 Å². The van der Waals surface area contributed by atoms with Crippen molar-refractivity contribution in [2.75, 3.05) is 50.7 Å². The molecule has 24 heavy (non-hydrogen) atoms. The number of hydrogen-bond donors (Lipinski definition) is 2. The van der Waals surface area contributed by atoms with E-state index in [0.717, 1.165) is 17.9 Å². The fraction of sp³-hybridized carbons (Fsp3) is 0.562. The van der Waals surface area contributed by atoms with Gasteiger partial charge in [-0.05, 0) is 12.1 Å². The summed E-state index contributed by atoms with van der Waals surface area (Å²) in [6, 6.07) is 7.50. The molecule has 0 bridgehead atoms. The molecule has 0 aliphatic carbocycles. The molecule has 0 atom stereocenters. The van der Waals surface area contributed by atoms with E-state index in [-0.39, 0.29) is 11.5 Å². The van der Waals surface area contributed by atoms with Crippen molar-refractivity contribution in [1.29, 1.82) is 0 Å². The van der Waals surface area contributed by atoms with Gasteiger partial charge < -0.3 is 20.1 Å². The summed E-state index contributed by atoms with van der Waals surface area (Å²) in [5.74, 6) is 1.48. The third kappa shape index (κ3) is 8.16. The summed E-state index contributed by atoms with van der Waals surface area (Å²) in [5, 5.41) is 6.10. The predicted octanol–water partition coefficient (Wildman–Crippen LogP) is 1.52. The molecule has 0 radical (unpaired) electrons. The molecule has 0 saturated carbocycles. The highest BCUT2D eigenvalue weighted by molar-refractivity contribution is 7.91. The average Bonchev–Trinajstić information content (AvgIpc) is 2.58. The Labute approximate surface area is 144 Å². The van der Waals surface area contributed by atoms with E-state index in [4.69, 9.17) is 9.47 Å². The van der Waals surface area contributed by atoms with Crippen LogP contribution in [0.4, 0.5) is 5.69 Å². The topological polar surface area (TPSA) is 89.0 Å². The fourth-order valence-electron chi connectivity index (χ4n) is 1.84. The third-order valence-corrected chi connectivity index (χ3v) is 4.93. The molecule has 0 aliphatic heterocycles. The highest BCUT2D eigenvalue weighted by Crippen LogP contribution is 2.17. The molecule has 0 aliphatic rings. The summed E-state index contributed by atoms with van der Waals surface area (Å²) in [4.78, 5) is 4.09. The maximum atomic E-state index is 11.5. The fourth-order valence-corrected chi connectivity index (χ4v) is 2.54. The van der Waals surface area contributed by atoms with Crippen molar-refractivity contribution >= 4 is 21.5 Å². The molecule has 0 aromatic heterocycles. The molecule has 0 amide bonds. The van der Waals surface area contributed by atoms with E-state index in [2.05, 4.69) is 15.6 Å². The Bertz CT molecular complexity index is 618. The second-order valence-electron chi connectivity index (χ2n) is 5.08. The highest BCUT2D eigenvalue weighted by Gasteiger charge is 2.07. The van der Waals surface area contributed by atoms with Gasteiger partial charge in [-0.3, -0.25) is 4.99 Å². The molecule has 1 rings (SSSR count). The van der Waals surface area contributed by atoms with Gasteiger partial charge in [0.15, 0.2) is 15.8 Å². The third-order valence-electron chi connectivity index (χ3n) is 3.23. The van der Waals surface area contributed by atoms with Gasteiger partial charge in [0, 0.05) is 51.2 Å². The maximum Gasteiger partial charge on any atom is 0.195 e. The highest BCUT2D eigenvalue weighted by atomic mass is 32.2. The summed E-state index contributed by atoms with van der Waals surface area (Å²) in [6.45, 7) is 3.19. The summed E-state index contributed by atoms with van der Waals surface area (Å²) in [6.07, 6.45) is 0.823. The summed E-state index contributed by atoms with van der Waals surface area (Å²) in [5.41, 5.74) is 0.811. The molecule has 1 aromatic rings. The first-order valence-corrected chi connectivity index (χ1v) is 9.72. The van der Waals surface area contributed by atoms with Crippen LogP contribution in [0, 0.1) is 0 Å².